The van der Waals surface area contributed by atoms with Crippen molar-refractivity contribution in [3.05, 3.63) is 89.9 Å². The van der Waals surface area contributed by atoms with Crippen LogP contribution in [-0.2, 0) is 6.42 Å². The maximum absolute atomic E-state index is 13.7. The van der Waals surface area contributed by atoms with Crippen LogP contribution in [-0.4, -0.2) is 9.97 Å². The summed E-state index contributed by atoms with van der Waals surface area (Å²) in [6, 6.07) is 20.5. The first-order valence-electron chi connectivity index (χ1n) is 8.05. The van der Waals surface area contributed by atoms with E-state index in [0.717, 1.165) is 33.3 Å². The van der Waals surface area contributed by atoms with Crippen LogP contribution in [0.4, 0.5) is 10.2 Å². The number of hydrogen-bond acceptors (Lipinski definition) is 3. The van der Waals surface area contributed by atoms with E-state index >= 15 is 0 Å². The topological polar surface area (TPSA) is 51.8 Å². The first-order valence-corrected chi connectivity index (χ1v) is 8.05. The lowest BCUT2D eigenvalue weighted by molar-refractivity contribution is 0.628. The summed E-state index contributed by atoms with van der Waals surface area (Å²) < 4.78 is 13.7. The van der Waals surface area contributed by atoms with Gasteiger partial charge in [-0.05, 0) is 41.8 Å². The molecule has 0 saturated carbocycles. The molecule has 0 spiro atoms. The van der Waals surface area contributed by atoms with Gasteiger partial charge in [-0.25, -0.2) is 14.4 Å². The molecule has 3 nitrogen and oxygen atoms in total. The lowest BCUT2D eigenvalue weighted by atomic mass is 9.98. The van der Waals surface area contributed by atoms with Crippen LogP contribution >= 0.6 is 0 Å². The molecule has 0 saturated heterocycles. The van der Waals surface area contributed by atoms with E-state index in [4.69, 9.17) is 10.7 Å². The highest BCUT2D eigenvalue weighted by atomic mass is 19.1. The highest BCUT2D eigenvalue weighted by Gasteiger charge is 2.12. The predicted octanol–water partition coefficient (Wildman–Crippen LogP) is 4.61. The minimum Gasteiger partial charge on any atom is -0.383 e. The average Bonchev–Trinajstić information content (AvgIpc) is 2.63. The van der Waals surface area contributed by atoms with Crippen molar-refractivity contribution in [2.45, 2.75) is 6.42 Å². The van der Waals surface area contributed by atoms with Crippen LogP contribution in [0.5, 0.6) is 0 Å². The zero-order chi connectivity index (χ0) is 17.2. The van der Waals surface area contributed by atoms with Gasteiger partial charge in [0, 0.05) is 17.1 Å². The molecule has 0 fully saturated rings. The largest absolute Gasteiger partial charge is 0.383 e. The summed E-state index contributed by atoms with van der Waals surface area (Å²) in [6.07, 6.45) is 2.32. The van der Waals surface area contributed by atoms with Crippen molar-refractivity contribution < 1.29 is 4.39 Å². The Balaban J connectivity index is 1.93. The molecular weight excluding hydrogens is 313 g/mol. The molecule has 2 heterocycles. The number of benzene rings is 2. The number of nitrogen functional groups attached to an aromatic ring is 1. The number of nitrogens with two attached hydrogens (primary N) is 1. The number of hydrogen-bond donors (Lipinski definition) is 1. The Kier molecular flexibility index (Phi) is 3.86. The molecular formula is C21H16FN3. The molecule has 4 aromatic rings. The number of nitrogens with zero attached hydrogens (tertiary/aromatic N) is 2. The molecule has 2 N–H and O–H groups in total. The molecule has 0 atom stereocenters. The van der Waals surface area contributed by atoms with E-state index in [0.29, 0.717) is 12.2 Å². The lowest BCUT2D eigenvalue weighted by Crippen LogP contribution is -1.99. The molecule has 2 aromatic carbocycles. The zero-order valence-corrected chi connectivity index (χ0v) is 13.5. The number of anilines is 1. The van der Waals surface area contributed by atoms with Crippen molar-refractivity contribution in [1.29, 1.82) is 0 Å². The first-order chi connectivity index (χ1) is 12.2. The fourth-order valence-corrected chi connectivity index (χ4v) is 3.00. The molecule has 0 aliphatic rings. The molecule has 0 aliphatic heterocycles. The van der Waals surface area contributed by atoms with Crippen molar-refractivity contribution in [2.24, 2.45) is 0 Å². The van der Waals surface area contributed by atoms with Crippen molar-refractivity contribution in [3.63, 3.8) is 0 Å². The van der Waals surface area contributed by atoms with E-state index in [1.165, 1.54) is 12.1 Å². The maximum Gasteiger partial charge on any atom is 0.132 e. The third-order valence-corrected chi connectivity index (χ3v) is 4.19. The quantitative estimate of drug-likeness (QED) is 0.597. The van der Waals surface area contributed by atoms with Crippen LogP contribution in [0, 0.1) is 5.82 Å². The fraction of sp³-hybridized carbons (Fsp3) is 0.0476. The van der Waals surface area contributed by atoms with Gasteiger partial charge in [0.2, 0.25) is 0 Å². The number of halogens is 1. The van der Waals surface area contributed by atoms with Crippen molar-refractivity contribution in [1.82, 2.24) is 9.97 Å². The predicted molar refractivity (Wildman–Crippen MR) is 98.6 cm³/mol. The van der Waals surface area contributed by atoms with Gasteiger partial charge in [-0.1, -0.05) is 42.5 Å². The van der Waals surface area contributed by atoms with Crippen LogP contribution in [0.15, 0.2) is 72.9 Å². The third kappa shape index (κ3) is 3.06. The summed E-state index contributed by atoms with van der Waals surface area (Å²) in [6.45, 7) is 0. The molecule has 25 heavy (non-hydrogen) atoms. The van der Waals surface area contributed by atoms with Gasteiger partial charge in [0.25, 0.3) is 0 Å². The van der Waals surface area contributed by atoms with Crippen LogP contribution in [0.2, 0.25) is 0 Å². The Labute approximate surface area is 145 Å². The summed E-state index contributed by atoms with van der Waals surface area (Å²) in [5.41, 5.74) is 10.4. The summed E-state index contributed by atoms with van der Waals surface area (Å²) in [4.78, 5) is 8.91. The minimum absolute atomic E-state index is 0.278. The standard InChI is InChI=1S/C21H16FN3/c22-17-8-4-7-15(12-17)20-16(11-14-5-2-1-3-6-14)13-18-19(25-20)9-10-24-21(18)23/h1-10,12-13H,11H2,(H2,23,24). The van der Waals surface area contributed by atoms with Crippen molar-refractivity contribution in [3.8, 4) is 11.3 Å². The Morgan fingerprint density at radius 2 is 1.76 bits per heavy atom. The number of rotatable bonds is 3. The van der Waals surface area contributed by atoms with Crippen LogP contribution in [0.3, 0.4) is 0 Å². The summed E-state index contributed by atoms with van der Waals surface area (Å²) >= 11 is 0. The van der Waals surface area contributed by atoms with Gasteiger partial charge >= 0.3 is 0 Å². The van der Waals surface area contributed by atoms with E-state index in [-0.39, 0.29) is 5.82 Å². The number of aromatic nitrogens is 2. The molecule has 2 aromatic heterocycles. The minimum atomic E-state index is -0.278. The summed E-state index contributed by atoms with van der Waals surface area (Å²) in [5.74, 6) is 0.171. The summed E-state index contributed by atoms with van der Waals surface area (Å²) in [5, 5.41) is 0.814. The molecule has 0 amide bonds. The number of pyridine rings is 2. The van der Waals surface area contributed by atoms with Gasteiger partial charge in [-0.15, -0.1) is 0 Å². The van der Waals surface area contributed by atoms with Crippen molar-refractivity contribution >= 4 is 16.7 Å². The van der Waals surface area contributed by atoms with Gasteiger partial charge < -0.3 is 5.73 Å². The Morgan fingerprint density at radius 1 is 0.920 bits per heavy atom. The smallest absolute Gasteiger partial charge is 0.132 e. The molecule has 122 valence electrons. The molecule has 4 heteroatoms. The molecule has 0 radical (unpaired) electrons. The van der Waals surface area contributed by atoms with Crippen molar-refractivity contribution in [2.75, 3.05) is 5.73 Å². The van der Waals surface area contributed by atoms with E-state index < -0.39 is 0 Å². The SMILES string of the molecule is Nc1nccc2nc(-c3cccc(F)c3)c(Cc3ccccc3)cc12. The van der Waals surface area contributed by atoms with Gasteiger partial charge in [0.05, 0.1) is 11.2 Å². The Morgan fingerprint density at radius 3 is 2.56 bits per heavy atom. The van der Waals surface area contributed by atoms with E-state index in [1.807, 2.05) is 36.4 Å². The van der Waals surface area contributed by atoms with Crippen LogP contribution in [0.25, 0.3) is 22.2 Å². The number of fused-ring (bicyclic) bond motifs is 1. The second kappa shape index (κ2) is 6.32. The van der Waals surface area contributed by atoms with Gasteiger partial charge in [-0.3, -0.25) is 0 Å². The lowest BCUT2D eigenvalue weighted by Gasteiger charge is -2.12. The van der Waals surface area contributed by atoms with Crippen LogP contribution < -0.4 is 5.73 Å². The van der Waals surface area contributed by atoms with Crippen LogP contribution in [0.1, 0.15) is 11.1 Å². The van der Waals surface area contributed by atoms with Gasteiger partial charge in [0.1, 0.15) is 11.6 Å². The Hall–Kier alpha value is -3.27. The molecule has 0 unspecified atom stereocenters. The normalized spacial score (nSPS) is 10.9. The van der Waals surface area contributed by atoms with E-state index in [9.17, 15) is 4.39 Å². The highest BCUT2D eigenvalue weighted by molar-refractivity contribution is 5.90. The highest BCUT2D eigenvalue weighted by Crippen LogP contribution is 2.29. The second-order valence-corrected chi connectivity index (χ2v) is 5.93. The van der Waals surface area contributed by atoms with E-state index in [1.54, 1.807) is 12.3 Å². The molecule has 0 bridgehead atoms. The monoisotopic (exact) mass is 329 g/mol. The summed E-state index contributed by atoms with van der Waals surface area (Å²) in [7, 11) is 0. The average molecular weight is 329 g/mol. The molecule has 4 rings (SSSR count). The fourth-order valence-electron chi connectivity index (χ4n) is 3.00. The van der Waals surface area contributed by atoms with Gasteiger partial charge in [-0.2, -0.15) is 0 Å². The van der Waals surface area contributed by atoms with Gasteiger partial charge in [0.15, 0.2) is 0 Å². The second-order valence-electron chi connectivity index (χ2n) is 5.93. The zero-order valence-electron chi connectivity index (χ0n) is 13.5. The van der Waals surface area contributed by atoms with E-state index in [2.05, 4.69) is 17.1 Å². The third-order valence-electron chi connectivity index (χ3n) is 4.19. The Bertz CT molecular complexity index is 1050. The molecule has 0 aliphatic carbocycles. The maximum atomic E-state index is 13.7. The first kappa shape index (κ1) is 15.3.